The van der Waals surface area contributed by atoms with Gasteiger partial charge in [-0.1, -0.05) is 55.0 Å². The first-order chi connectivity index (χ1) is 13.8. The van der Waals surface area contributed by atoms with E-state index in [2.05, 4.69) is 81.1 Å². The van der Waals surface area contributed by atoms with Gasteiger partial charge in [-0.3, -0.25) is 4.79 Å². The van der Waals surface area contributed by atoms with Crippen LogP contribution in [0.2, 0.25) is 0 Å². The Morgan fingerprint density at radius 2 is 1.69 bits per heavy atom. The highest BCUT2D eigenvalue weighted by atomic mass is 16.5. The highest BCUT2D eigenvalue weighted by Crippen LogP contribution is 2.50. The lowest BCUT2D eigenvalue weighted by atomic mass is 9.65. The Bertz CT molecular complexity index is 884. The Labute approximate surface area is 174 Å². The monoisotopic (exact) mass is 393 g/mol. The van der Waals surface area contributed by atoms with Crippen LogP contribution >= 0.6 is 0 Å². The van der Waals surface area contributed by atoms with Crippen molar-refractivity contribution in [2.24, 2.45) is 0 Å². The molecule has 0 bridgehead atoms. The number of carbonyl (C=O) groups excluding carboxylic acids is 1. The van der Waals surface area contributed by atoms with Crippen molar-refractivity contribution in [2.75, 3.05) is 37.7 Å². The van der Waals surface area contributed by atoms with Gasteiger partial charge < -0.3 is 14.5 Å². The molecule has 4 nitrogen and oxygen atoms in total. The van der Waals surface area contributed by atoms with Gasteiger partial charge in [-0.25, -0.2) is 0 Å². The number of fused-ring (bicyclic) bond motifs is 1. The van der Waals surface area contributed by atoms with E-state index in [4.69, 9.17) is 4.74 Å². The fourth-order valence-electron chi connectivity index (χ4n) is 5.28. The molecular formula is C25H33N2O2+. The van der Waals surface area contributed by atoms with Crippen LogP contribution in [0.15, 0.2) is 48.5 Å². The summed E-state index contributed by atoms with van der Waals surface area (Å²) in [7, 11) is 0. The number of nitrogens with one attached hydrogen (secondary N) is 1. The number of benzene rings is 2. The maximum absolute atomic E-state index is 13.5. The highest BCUT2D eigenvalue weighted by molar-refractivity contribution is 5.97. The zero-order chi connectivity index (χ0) is 20.6. The third-order valence-corrected chi connectivity index (χ3v) is 6.67. The Morgan fingerprint density at radius 3 is 2.38 bits per heavy atom. The first-order valence-electron chi connectivity index (χ1n) is 10.7. The molecule has 1 saturated heterocycles. The molecule has 154 valence electrons. The summed E-state index contributed by atoms with van der Waals surface area (Å²) < 4.78 is 5.46. The molecule has 0 aromatic heterocycles. The van der Waals surface area contributed by atoms with Gasteiger partial charge >= 0.3 is 0 Å². The van der Waals surface area contributed by atoms with Crippen molar-refractivity contribution in [3.8, 4) is 0 Å². The Morgan fingerprint density at radius 1 is 1.03 bits per heavy atom. The van der Waals surface area contributed by atoms with Crippen LogP contribution in [0.3, 0.4) is 0 Å². The molecule has 2 heterocycles. The molecule has 4 rings (SSSR count). The molecule has 1 atom stereocenters. The summed E-state index contributed by atoms with van der Waals surface area (Å²) in [4.78, 5) is 16.9. The number of para-hydroxylation sites is 1. The van der Waals surface area contributed by atoms with Crippen molar-refractivity contribution in [1.82, 2.24) is 0 Å². The normalized spacial score (nSPS) is 24.2. The summed E-state index contributed by atoms with van der Waals surface area (Å²) in [5.74, 6) is 0.213. The molecular weight excluding hydrogens is 360 g/mol. The average Bonchev–Trinajstić information content (AvgIpc) is 2.68. The van der Waals surface area contributed by atoms with E-state index < -0.39 is 0 Å². The lowest BCUT2D eigenvalue weighted by molar-refractivity contribution is -0.900. The zero-order valence-corrected chi connectivity index (χ0v) is 18.1. The van der Waals surface area contributed by atoms with E-state index in [1.165, 1.54) is 21.6 Å². The van der Waals surface area contributed by atoms with Crippen molar-refractivity contribution < 1.29 is 14.4 Å². The minimum absolute atomic E-state index is 0.129. The number of carbonyl (C=O) groups is 1. The van der Waals surface area contributed by atoms with Crippen LogP contribution in [-0.4, -0.2) is 44.3 Å². The SMILES string of the molecule is Cc1ccc([C@@]2(C)CC(C)(C)N(C(=O)C[NH+]3CCOCC3)c3ccccc32)cc1. The first-order valence-corrected chi connectivity index (χ1v) is 10.7. The van der Waals surface area contributed by atoms with Crippen molar-refractivity contribution >= 4 is 11.6 Å². The van der Waals surface area contributed by atoms with Crippen LogP contribution in [0.5, 0.6) is 0 Å². The predicted octanol–water partition coefficient (Wildman–Crippen LogP) is 2.73. The predicted molar refractivity (Wildman–Crippen MR) is 117 cm³/mol. The van der Waals surface area contributed by atoms with Gasteiger partial charge in [0, 0.05) is 16.6 Å². The van der Waals surface area contributed by atoms with Gasteiger partial charge in [0.25, 0.3) is 5.91 Å². The Balaban J connectivity index is 1.73. The number of morpholine rings is 1. The van der Waals surface area contributed by atoms with Crippen molar-refractivity contribution in [3.63, 3.8) is 0 Å². The number of quaternary nitrogens is 1. The third kappa shape index (κ3) is 3.72. The fraction of sp³-hybridized carbons (Fsp3) is 0.480. The first kappa shape index (κ1) is 20.1. The summed E-state index contributed by atoms with van der Waals surface area (Å²) in [6, 6.07) is 17.3. The van der Waals surface area contributed by atoms with Crippen molar-refractivity contribution in [1.29, 1.82) is 0 Å². The molecule has 2 aromatic rings. The van der Waals surface area contributed by atoms with Gasteiger partial charge in [0.1, 0.15) is 13.1 Å². The third-order valence-electron chi connectivity index (χ3n) is 6.67. The smallest absolute Gasteiger partial charge is 0.282 e. The second-order valence-corrected chi connectivity index (χ2v) is 9.47. The molecule has 0 spiro atoms. The summed E-state index contributed by atoms with van der Waals surface area (Å²) in [5, 5.41) is 0. The second kappa shape index (κ2) is 7.58. The molecule has 29 heavy (non-hydrogen) atoms. The standard InChI is InChI=1S/C25H32N2O2/c1-19-9-11-20(12-10-19)25(4)18-24(2,3)27(22-8-6-5-7-21(22)25)23(28)17-26-13-15-29-16-14-26/h5-12H,13-18H2,1-4H3/p+1/t25-/m1/s1. The number of aryl methyl sites for hydroxylation is 1. The average molecular weight is 394 g/mol. The molecule has 2 aliphatic heterocycles. The molecule has 0 unspecified atom stereocenters. The molecule has 4 heteroatoms. The lowest BCUT2D eigenvalue weighted by Gasteiger charge is -2.51. The maximum Gasteiger partial charge on any atom is 0.282 e. The number of anilines is 1. The van der Waals surface area contributed by atoms with Crippen LogP contribution in [-0.2, 0) is 14.9 Å². The Kier molecular flexibility index (Phi) is 5.26. The van der Waals surface area contributed by atoms with Crippen LogP contribution < -0.4 is 9.80 Å². The highest BCUT2D eigenvalue weighted by Gasteiger charge is 2.48. The van der Waals surface area contributed by atoms with Crippen molar-refractivity contribution in [2.45, 2.75) is 45.1 Å². The van der Waals surface area contributed by atoms with E-state index in [0.717, 1.165) is 38.4 Å². The molecule has 1 amide bonds. The van der Waals surface area contributed by atoms with E-state index in [-0.39, 0.29) is 16.9 Å². The fourth-order valence-corrected chi connectivity index (χ4v) is 5.28. The topological polar surface area (TPSA) is 34.0 Å². The molecule has 1 fully saturated rings. The molecule has 2 aliphatic rings. The van der Waals surface area contributed by atoms with Gasteiger partial charge in [0.15, 0.2) is 6.54 Å². The van der Waals surface area contributed by atoms with Crippen LogP contribution in [0, 0.1) is 6.92 Å². The number of amides is 1. The van der Waals surface area contributed by atoms with E-state index in [9.17, 15) is 4.79 Å². The van der Waals surface area contributed by atoms with Crippen LogP contribution in [0.25, 0.3) is 0 Å². The number of hydrogen-bond acceptors (Lipinski definition) is 2. The lowest BCUT2D eigenvalue weighted by Crippen LogP contribution is -3.15. The van der Waals surface area contributed by atoms with Gasteiger partial charge in [0.2, 0.25) is 0 Å². The maximum atomic E-state index is 13.5. The van der Waals surface area contributed by atoms with E-state index in [1.54, 1.807) is 0 Å². The molecule has 2 aromatic carbocycles. The molecule has 0 saturated carbocycles. The summed E-state index contributed by atoms with van der Waals surface area (Å²) >= 11 is 0. The minimum atomic E-state index is -0.267. The Hall–Kier alpha value is -2.17. The van der Waals surface area contributed by atoms with Crippen molar-refractivity contribution in [3.05, 3.63) is 65.2 Å². The molecule has 0 aliphatic carbocycles. The van der Waals surface area contributed by atoms with Gasteiger partial charge in [-0.05, 0) is 44.4 Å². The number of ether oxygens (including phenoxy) is 1. The van der Waals surface area contributed by atoms with E-state index in [0.29, 0.717) is 6.54 Å². The van der Waals surface area contributed by atoms with Gasteiger partial charge in [-0.2, -0.15) is 0 Å². The van der Waals surface area contributed by atoms with E-state index >= 15 is 0 Å². The zero-order valence-electron chi connectivity index (χ0n) is 18.1. The second-order valence-electron chi connectivity index (χ2n) is 9.47. The number of nitrogens with zero attached hydrogens (tertiary/aromatic N) is 1. The van der Waals surface area contributed by atoms with Gasteiger partial charge in [-0.15, -0.1) is 0 Å². The largest absolute Gasteiger partial charge is 0.370 e. The molecule has 1 N–H and O–H groups in total. The number of rotatable bonds is 3. The minimum Gasteiger partial charge on any atom is -0.370 e. The molecule has 0 radical (unpaired) electrons. The number of hydrogen-bond donors (Lipinski definition) is 1. The van der Waals surface area contributed by atoms with Crippen LogP contribution in [0.1, 0.15) is 43.9 Å². The van der Waals surface area contributed by atoms with Gasteiger partial charge in [0.05, 0.1) is 13.2 Å². The summed E-state index contributed by atoms with van der Waals surface area (Å²) in [6.45, 7) is 12.7. The van der Waals surface area contributed by atoms with E-state index in [1.807, 2.05) is 0 Å². The summed E-state index contributed by atoms with van der Waals surface area (Å²) in [5.41, 5.74) is 4.49. The summed E-state index contributed by atoms with van der Waals surface area (Å²) in [6.07, 6.45) is 0.893. The quantitative estimate of drug-likeness (QED) is 0.870. The van der Waals surface area contributed by atoms with Crippen LogP contribution in [0.4, 0.5) is 5.69 Å².